The first kappa shape index (κ1) is 21.3. The van der Waals surface area contributed by atoms with Crippen molar-refractivity contribution in [1.82, 2.24) is 15.2 Å². The number of aromatic nitrogens is 1. The fraction of sp³-hybridized carbons (Fsp3) is 0.476. The first-order valence-electron chi connectivity index (χ1n) is 9.80. The normalized spacial score (nSPS) is 14.8. The Kier molecular flexibility index (Phi) is 7.66. The molecule has 8 heteroatoms. The Morgan fingerprint density at radius 1 is 1.28 bits per heavy atom. The molecule has 1 fully saturated rings. The summed E-state index contributed by atoms with van der Waals surface area (Å²) in [4.78, 5) is 30.8. The molecular weight excluding hydrogens is 394 g/mol. The van der Waals surface area contributed by atoms with Gasteiger partial charge >= 0.3 is 0 Å². The summed E-state index contributed by atoms with van der Waals surface area (Å²) >= 11 is 6.19. The van der Waals surface area contributed by atoms with Crippen LogP contribution in [0.2, 0.25) is 5.02 Å². The van der Waals surface area contributed by atoms with E-state index in [1.165, 1.54) is 0 Å². The zero-order chi connectivity index (χ0) is 20.6. The Balaban J connectivity index is 1.47. The van der Waals surface area contributed by atoms with E-state index in [2.05, 4.69) is 10.3 Å². The van der Waals surface area contributed by atoms with Gasteiger partial charge in [-0.05, 0) is 43.5 Å². The average Bonchev–Trinajstić information content (AvgIpc) is 2.76. The van der Waals surface area contributed by atoms with Crippen molar-refractivity contribution in [1.29, 1.82) is 0 Å². The lowest BCUT2D eigenvalue weighted by atomic mass is 9.96. The Morgan fingerprint density at radius 2 is 2.07 bits per heavy atom. The molecule has 1 saturated heterocycles. The van der Waals surface area contributed by atoms with Gasteiger partial charge < -0.3 is 19.7 Å². The number of carbonyl (C=O) groups is 2. The Bertz CT molecular complexity index is 853. The molecule has 29 heavy (non-hydrogen) atoms. The molecule has 0 bridgehead atoms. The number of piperidine rings is 1. The number of hydrogen-bond donors (Lipinski definition) is 1. The van der Waals surface area contributed by atoms with Gasteiger partial charge in [0.15, 0.2) is 6.61 Å². The molecule has 2 aromatic rings. The van der Waals surface area contributed by atoms with E-state index in [4.69, 9.17) is 21.1 Å². The number of benzene rings is 1. The van der Waals surface area contributed by atoms with E-state index in [1.54, 1.807) is 36.4 Å². The number of halogens is 1. The summed E-state index contributed by atoms with van der Waals surface area (Å²) in [5, 5.41) is 4.32. The van der Waals surface area contributed by atoms with Gasteiger partial charge in [-0.15, -0.1) is 0 Å². The second kappa shape index (κ2) is 10.4. The van der Waals surface area contributed by atoms with Crippen LogP contribution in [-0.4, -0.2) is 61.7 Å². The first-order valence-corrected chi connectivity index (χ1v) is 10.2. The quantitative estimate of drug-likeness (QED) is 0.665. The molecule has 2 heterocycles. The molecule has 0 unspecified atom stereocenters. The molecule has 0 aliphatic carbocycles. The summed E-state index contributed by atoms with van der Waals surface area (Å²) in [6.45, 7) is 2.28. The van der Waals surface area contributed by atoms with Gasteiger partial charge in [-0.3, -0.25) is 14.6 Å². The number of methoxy groups -OCH3 is 1. The van der Waals surface area contributed by atoms with E-state index in [-0.39, 0.29) is 24.3 Å². The molecule has 1 aromatic heterocycles. The maximum atomic E-state index is 12.5. The first-order chi connectivity index (χ1) is 14.1. The fourth-order valence-electron chi connectivity index (χ4n) is 3.42. The maximum Gasteiger partial charge on any atom is 0.260 e. The van der Waals surface area contributed by atoms with Gasteiger partial charge in [-0.1, -0.05) is 11.6 Å². The van der Waals surface area contributed by atoms with Crippen molar-refractivity contribution in [2.75, 3.05) is 40.0 Å². The molecule has 2 amide bonds. The molecule has 1 aromatic carbocycles. The predicted molar refractivity (Wildman–Crippen MR) is 111 cm³/mol. The lowest BCUT2D eigenvalue weighted by Crippen LogP contribution is -2.44. The molecule has 0 spiro atoms. The standard InChI is InChI=1S/C21H26ClN3O4/c1-28-13-3-10-24-21(27)15-7-11-25(12-8-15)19(26)14-29-18-6-5-17(22)16-4-2-9-23-20(16)18/h2,4-6,9,15H,3,7-8,10-14H2,1H3,(H,24,27). The van der Waals surface area contributed by atoms with Crippen molar-refractivity contribution in [3.05, 3.63) is 35.5 Å². The van der Waals surface area contributed by atoms with Crippen molar-refractivity contribution in [2.24, 2.45) is 5.92 Å². The number of nitrogens with one attached hydrogen (secondary N) is 1. The average molecular weight is 420 g/mol. The molecule has 156 valence electrons. The van der Waals surface area contributed by atoms with Crippen molar-refractivity contribution in [2.45, 2.75) is 19.3 Å². The summed E-state index contributed by atoms with van der Waals surface area (Å²) in [5.41, 5.74) is 0.636. The van der Waals surface area contributed by atoms with E-state index in [0.29, 0.717) is 55.4 Å². The van der Waals surface area contributed by atoms with Gasteiger partial charge in [-0.2, -0.15) is 0 Å². The predicted octanol–water partition coefficient (Wildman–Crippen LogP) is 2.66. The SMILES string of the molecule is COCCCNC(=O)C1CCN(C(=O)COc2ccc(Cl)c3cccnc23)CC1. The summed E-state index contributed by atoms with van der Waals surface area (Å²) in [7, 11) is 1.64. The van der Waals surface area contributed by atoms with Crippen LogP contribution in [0.1, 0.15) is 19.3 Å². The Morgan fingerprint density at radius 3 is 2.83 bits per heavy atom. The molecule has 0 saturated carbocycles. The third-order valence-corrected chi connectivity index (χ3v) is 5.40. The van der Waals surface area contributed by atoms with Crippen LogP contribution in [0, 0.1) is 5.92 Å². The number of likely N-dealkylation sites (tertiary alicyclic amines) is 1. The second-order valence-electron chi connectivity index (χ2n) is 7.03. The number of nitrogens with zero attached hydrogens (tertiary/aromatic N) is 2. The largest absolute Gasteiger partial charge is 0.481 e. The Hall–Kier alpha value is -2.38. The van der Waals surface area contributed by atoms with E-state index >= 15 is 0 Å². The smallest absolute Gasteiger partial charge is 0.260 e. The molecule has 1 aliphatic rings. The van der Waals surface area contributed by atoms with Crippen molar-refractivity contribution >= 4 is 34.3 Å². The molecule has 3 rings (SSSR count). The molecular formula is C21H26ClN3O4. The molecule has 1 aliphatic heterocycles. The minimum absolute atomic E-state index is 0.0491. The van der Waals surface area contributed by atoms with Gasteiger partial charge in [0.05, 0.1) is 5.02 Å². The van der Waals surface area contributed by atoms with Crippen LogP contribution < -0.4 is 10.1 Å². The summed E-state index contributed by atoms with van der Waals surface area (Å²) in [5.74, 6) is 0.446. The highest BCUT2D eigenvalue weighted by molar-refractivity contribution is 6.35. The third-order valence-electron chi connectivity index (χ3n) is 5.07. The van der Waals surface area contributed by atoms with Crippen LogP contribution in [0.4, 0.5) is 0 Å². The summed E-state index contributed by atoms with van der Waals surface area (Å²) in [6, 6.07) is 7.14. The minimum Gasteiger partial charge on any atom is -0.481 e. The highest BCUT2D eigenvalue weighted by atomic mass is 35.5. The van der Waals surface area contributed by atoms with E-state index < -0.39 is 0 Å². The number of ether oxygens (including phenoxy) is 2. The van der Waals surface area contributed by atoms with E-state index in [0.717, 1.165) is 11.8 Å². The van der Waals surface area contributed by atoms with Crippen LogP contribution in [-0.2, 0) is 14.3 Å². The van der Waals surface area contributed by atoms with Gasteiger partial charge in [0.25, 0.3) is 5.91 Å². The molecule has 0 atom stereocenters. The Labute approximate surface area is 175 Å². The van der Waals surface area contributed by atoms with Crippen LogP contribution in [0.3, 0.4) is 0 Å². The van der Waals surface area contributed by atoms with Crippen LogP contribution in [0.5, 0.6) is 5.75 Å². The number of hydrogen-bond acceptors (Lipinski definition) is 5. The lowest BCUT2D eigenvalue weighted by Gasteiger charge is -2.31. The monoisotopic (exact) mass is 419 g/mol. The molecule has 1 N–H and O–H groups in total. The second-order valence-corrected chi connectivity index (χ2v) is 7.43. The topological polar surface area (TPSA) is 80.8 Å². The van der Waals surface area contributed by atoms with Crippen LogP contribution >= 0.6 is 11.6 Å². The molecule has 7 nitrogen and oxygen atoms in total. The zero-order valence-corrected chi connectivity index (χ0v) is 17.3. The van der Waals surface area contributed by atoms with Crippen molar-refractivity contribution in [3.63, 3.8) is 0 Å². The van der Waals surface area contributed by atoms with E-state index in [1.807, 2.05) is 6.07 Å². The van der Waals surface area contributed by atoms with Crippen LogP contribution in [0.15, 0.2) is 30.5 Å². The lowest BCUT2D eigenvalue weighted by molar-refractivity contribution is -0.137. The number of pyridine rings is 1. The minimum atomic E-state index is -0.0945. The summed E-state index contributed by atoms with van der Waals surface area (Å²) in [6.07, 6.45) is 3.78. The number of amides is 2. The molecule has 0 radical (unpaired) electrons. The number of fused-ring (bicyclic) bond motifs is 1. The van der Waals surface area contributed by atoms with Gasteiger partial charge in [0.2, 0.25) is 5.91 Å². The number of rotatable bonds is 8. The van der Waals surface area contributed by atoms with Crippen LogP contribution in [0.25, 0.3) is 10.9 Å². The maximum absolute atomic E-state index is 12.5. The highest BCUT2D eigenvalue weighted by Gasteiger charge is 2.27. The number of carbonyl (C=O) groups excluding carboxylic acids is 2. The van der Waals surface area contributed by atoms with E-state index in [9.17, 15) is 9.59 Å². The highest BCUT2D eigenvalue weighted by Crippen LogP contribution is 2.29. The third kappa shape index (κ3) is 5.58. The van der Waals surface area contributed by atoms with Gasteiger partial charge in [-0.25, -0.2) is 0 Å². The van der Waals surface area contributed by atoms with Gasteiger partial charge in [0.1, 0.15) is 11.3 Å². The summed E-state index contributed by atoms with van der Waals surface area (Å²) < 4.78 is 10.7. The fourth-order valence-corrected chi connectivity index (χ4v) is 3.64. The van der Waals surface area contributed by atoms with Crippen molar-refractivity contribution < 1.29 is 19.1 Å². The zero-order valence-electron chi connectivity index (χ0n) is 16.5. The van der Waals surface area contributed by atoms with Crippen molar-refractivity contribution in [3.8, 4) is 5.75 Å². The van der Waals surface area contributed by atoms with Gasteiger partial charge in [0, 0.05) is 50.9 Å².